The first kappa shape index (κ1) is 11.6. The number of fused-ring (bicyclic) bond motifs is 1. The predicted molar refractivity (Wildman–Crippen MR) is 58.9 cm³/mol. The maximum absolute atomic E-state index is 11.8. The van der Waals surface area contributed by atoms with E-state index in [-0.39, 0.29) is 25.0 Å². The van der Waals surface area contributed by atoms with Gasteiger partial charge < -0.3 is 19.3 Å². The Hall–Kier alpha value is -1.50. The van der Waals surface area contributed by atoms with E-state index in [9.17, 15) is 9.90 Å². The number of pyridine rings is 1. The highest BCUT2D eigenvalue weighted by Gasteiger charge is 2.49. The average molecular weight is 251 g/mol. The summed E-state index contributed by atoms with van der Waals surface area (Å²) in [6.07, 6.45) is -0.380. The Morgan fingerprint density at radius 3 is 2.94 bits per heavy atom. The van der Waals surface area contributed by atoms with Crippen molar-refractivity contribution in [1.82, 2.24) is 4.98 Å². The van der Waals surface area contributed by atoms with E-state index in [0.29, 0.717) is 0 Å². The average Bonchev–Trinajstić information content (AvgIpc) is 2.95. The molecule has 1 aromatic rings. The summed E-state index contributed by atoms with van der Waals surface area (Å²) in [5.41, 5.74) is 0.250. The second-order valence-corrected chi connectivity index (χ2v) is 4.32. The maximum Gasteiger partial charge on any atom is 0.357 e. The van der Waals surface area contributed by atoms with Crippen molar-refractivity contribution in [2.75, 3.05) is 13.2 Å². The lowest BCUT2D eigenvalue weighted by Gasteiger charge is -2.16. The highest BCUT2D eigenvalue weighted by atomic mass is 16.6. The summed E-state index contributed by atoms with van der Waals surface area (Å²) >= 11 is 0. The van der Waals surface area contributed by atoms with E-state index in [2.05, 4.69) is 4.98 Å². The number of hydrogen-bond donors (Lipinski definition) is 1. The zero-order valence-corrected chi connectivity index (χ0v) is 9.56. The molecule has 3 rings (SSSR count). The quantitative estimate of drug-likeness (QED) is 0.731. The van der Waals surface area contributed by atoms with Crippen LogP contribution in [0.4, 0.5) is 0 Å². The van der Waals surface area contributed by atoms with Gasteiger partial charge in [-0.25, -0.2) is 9.78 Å². The number of aliphatic hydroxyl groups is 1. The molecular weight excluding hydrogens is 238 g/mol. The molecule has 2 fully saturated rings. The molecule has 4 atom stereocenters. The number of nitrogens with zero attached hydrogens (tertiary/aromatic N) is 1. The van der Waals surface area contributed by atoms with E-state index in [1.165, 1.54) is 6.20 Å². The van der Waals surface area contributed by atoms with Gasteiger partial charge in [-0.15, -0.1) is 0 Å². The van der Waals surface area contributed by atoms with Gasteiger partial charge in [0.2, 0.25) is 0 Å². The van der Waals surface area contributed by atoms with Crippen molar-refractivity contribution in [3.8, 4) is 0 Å². The molecule has 6 heteroatoms. The lowest BCUT2D eigenvalue weighted by Crippen LogP contribution is -2.34. The minimum atomic E-state index is -0.645. The third-order valence-corrected chi connectivity index (χ3v) is 3.11. The van der Waals surface area contributed by atoms with Crippen molar-refractivity contribution in [2.45, 2.75) is 24.4 Å². The normalized spacial score (nSPS) is 34.3. The molecule has 0 radical (unpaired) electrons. The summed E-state index contributed by atoms with van der Waals surface area (Å²) in [4.78, 5) is 15.7. The van der Waals surface area contributed by atoms with Crippen LogP contribution >= 0.6 is 0 Å². The van der Waals surface area contributed by atoms with Crippen LogP contribution in [0, 0.1) is 0 Å². The van der Waals surface area contributed by atoms with Gasteiger partial charge >= 0.3 is 5.97 Å². The number of aliphatic hydroxyl groups excluding tert-OH is 1. The third kappa shape index (κ3) is 1.98. The molecule has 0 unspecified atom stereocenters. The number of aromatic nitrogens is 1. The lowest BCUT2D eigenvalue weighted by molar-refractivity contribution is -0.0212. The van der Waals surface area contributed by atoms with Gasteiger partial charge in [0.1, 0.15) is 24.0 Å². The van der Waals surface area contributed by atoms with Crippen LogP contribution < -0.4 is 0 Å². The van der Waals surface area contributed by atoms with Crippen LogP contribution in [-0.4, -0.2) is 53.7 Å². The zero-order chi connectivity index (χ0) is 12.5. The number of rotatable bonds is 2. The van der Waals surface area contributed by atoms with Crippen molar-refractivity contribution in [1.29, 1.82) is 0 Å². The second-order valence-electron chi connectivity index (χ2n) is 4.32. The van der Waals surface area contributed by atoms with Crippen molar-refractivity contribution < 1.29 is 24.1 Å². The Balaban J connectivity index is 1.66. The van der Waals surface area contributed by atoms with Gasteiger partial charge in [-0.05, 0) is 12.1 Å². The number of hydrogen-bond acceptors (Lipinski definition) is 6. The first-order chi connectivity index (χ1) is 8.75. The van der Waals surface area contributed by atoms with Crippen molar-refractivity contribution in [2.24, 2.45) is 0 Å². The van der Waals surface area contributed by atoms with Gasteiger partial charge in [0.25, 0.3) is 0 Å². The van der Waals surface area contributed by atoms with E-state index in [1.807, 2.05) is 0 Å². The largest absolute Gasteiger partial charge is 0.452 e. The van der Waals surface area contributed by atoms with Crippen LogP contribution in [0.25, 0.3) is 0 Å². The highest BCUT2D eigenvalue weighted by molar-refractivity contribution is 5.87. The molecule has 0 spiro atoms. The fourth-order valence-corrected chi connectivity index (χ4v) is 2.23. The van der Waals surface area contributed by atoms with Gasteiger partial charge in [0.15, 0.2) is 6.10 Å². The molecule has 0 bridgehead atoms. The molecule has 1 N–H and O–H groups in total. The van der Waals surface area contributed by atoms with E-state index < -0.39 is 24.3 Å². The molecule has 1 aromatic heterocycles. The first-order valence-corrected chi connectivity index (χ1v) is 5.79. The van der Waals surface area contributed by atoms with Gasteiger partial charge in [-0.2, -0.15) is 0 Å². The van der Waals surface area contributed by atoms with Crippen LogP contribution in [0.1, 0.15) is 10.5 Å². The fourth-order valence-electron chi connectivity index (χ4n) is 2.23. The van der Waals surface area contributed by atoms with Gasteiger partial charge in [-0.3, -0.25) is 0 Å². The Kier molecular flexibility index (Phi) is 2.99. The number of carbonyl (C=O) groups is 1. The van der Waals surface area contributed by atoms with E-state index in [1.54, 1.807) is 18.2 Å². The summed E-state index contributed by atoms with van der Waals surface area (Å²) < 4.78 is 16.0. The summed E-state index contributed by atoms with van der Waals surface area (Å²) in [6, 6.07) is 5.02. The zero-order valence-electron chi connectivity index (χ0n) is 9.56. The molecule has 3 heterocycles. The summed E-state index contributed by atoms with van der Waals surface area (Å²) in [6.45, 7) is 0.456. The van der Waals surface area contributed by atoms with E-state index in [0.717, 1.165) is 0 Å². The lowest BCUT2D eigenvalue weighted by atomic mass is 10.1. The molecule has 0 aromatic carbocycles. The van der Waals surface area contributed by atoms with Crippen LogP contribution in [-0.2, 0) is 14.2 Å². The number of carbonyl (C=O) groups excluding carboxylic acids is 1. The van der Waals surface area contributed by atoms with Crippen LogP contribution in [0.15, 0.2) is 24.4 Å². The van der Waals surface area contributed by atoms with E-state index in [4.69, 9.17) is 14.2 Å². The molecule has 18 heavy (non-hydrogen) atoms. The van der Waals surface area contributed by atoms with Gasteiger partial charge in [0.05, 0.1) is 13.2 Å². The molecule has 2 aliphatic heterocycles. The molecule has 2 saturated heterocycles. The minimum Gasteiger partial charge on any atom is -0.452 e. The van der Waals surface area contributed by atoms with Crippen molar-refractivity contribution in [3.63, 3.8) is 0 Å². The Morgan fingerprint density at radius 2 is 2.17 bits per heavy atom. The molecule has 0 aliphatic carbocycles. The minimum absolute atomic E-state index is 0.215. The van der Waals surface area contributed by atoms with Crippen LogP contribution in [0.3, 0.4) is 0 Å². The molecule has 0 saturated carbocycles. The molecular formula is C12H13NO5. The SMILES string of the molecule is O=C(O[C@H]1CO[C@H]2[C@@H]1OC[C@H]2O)c1ccccn1. The smallest absolute Gasteiger partial charge is 0.357 e. The Morgan fingerprint density at radius 1 is 1.33 bits per heavy atom. The molecule has 2 aliphatic rings. The highest BCUT2D eigenvalue weighted by Crippen LogP contribution is 2.29. The van der Waals surface area contributed by atoms with Crippen molar-refractivity contribution in [3.05, 3.63) is 30.1 Å². The summed E-state index contributed by atoms with van der Waals surface area (Å²) in [5, 5.41) is 9.57. The number of esters is 1. The maximum atomic E-state index is 11.8. The topological polar surface area (TPSA) is 77.9 Å². The third-order valence-electron chi connectivity index (χ3n) is 3.11. The molecule has 96 valence electrons. The predicted octanol–water partition coefficient (Wildman–Crippen LogP) is -0.235. The van der Waals surface area contributed by atoms with Crippen molar-refractivity contribution >= 4 is 5.97 Å². The fraction of sp³-hybridized carbons (Fsp3) is 0.500. The van der Waals surface area contributed by atoms with Crippen LogP contribution in [0.2, 0.25) is 0 Å². The monoisotopic (exact) mass is 251 g/mol. The van der Waals surface area contributed by atoms with E-state index >= 15 is 0 Å². The molecule has 0 amide bonds. The summed E-state index contributed by atoms with van der Waals surface area (Å²) in [5.74, 6) is -0.505. The Labute approximate surface area is 103 Å². The van der Waals surface area contributed by atoms with Crippen LogP contribution in [0.5, 0.6) is 0 Å². The standard InChI is InChI=1S/C12H13NO5/c14-8-5-16-11-9(6-17-10(8)11)18-12(15)7-3-1-2-4-13-7/h1-4,8-11,14H,5-6H2/t8-,9+,10-,11-/m1/s1. The molecule has 6 nitrogen and oxygen atoms in total. The summed E-state index contributed by atoms with van der Waals surface area (Å²) in [7, 11) is 0. The first-order valence-electron chi connectivity index (χ1n) is 5.79. The van der Waals surface area contributed by atoms with Gasteiger partial charge in [0, 0.05) is 6.20 Å². The van der Waals surface area contributed by atoms with Gasteiger partial charge in [-0.1, -0.05) is 6.07 Å². The number of ether oxygens (including phenoxy) is 3. The Bertz CT molecular complexity index is 437. The second kappa shape index (κ2) is 4.64.